The highest BCUT2D eigenvalue weighted by Gasteiger charge is 2.34. The van der Waals surface area contributed by atoms with Crippen molar-refractivity contribution in [1.29, 1.82) is 0 Å². The first-order valence-corrected chi connectivity index (χ1v) is 8.53. The fourth-order valence-electron chi connectivity index (χ4n) is 3.71. The Bertz CT molecular complexity index is 612. The zero-order valence-corrected chi connectivity index (χ0v) is 13.8. The molecule has 0 unspecified atom stereocenters. The molecule has 0 N–H and O–H groups in total. The quantitative estimate of drug-likeness (QED) is 0.599. The van der Waals surface area contributed by atoms with Gasteiger partial charge in [-0.1, -0.05) is 29.5 Å². The van der Waals surface area contributed by atoms with Crippen molar-refractivity contribution in [1.82, 2.24) is 9.80 Å². The van der Waals surface area contributed by atoms with Gasteiger partial charge in [0.1, 0.15) is 6.29 Å². The summed E-state index contributed by atoms with van der Waals surface area (Å²) in [6, 6.07) is 5.23. The van der Waals surface area contributed by atoms with Crippen molar-refractivity contribution in [3.8, 4) is 5.75 Å². The molecule has 5 heteroatoms. The largest absolute Gasteiger partial charge is 0.872 e. The predicted molar refractivity (Wildman–Crippen MR) is 88.0 cm³/mol. The van der Waals surface area contributed by atoms with Gasteiger partial charge in [-0.05, 0) is 12.8 Å². The summed E-state index contributed by atoms with van der Waals surface area (Å²) >= 11 is 0. The average Bonchev–Trinajstić information content (AvgIpc) is 2.57. The van der Waals surface area contributed by atoms with Gasteiger partial charge in [0.15, 0.2) is 0 Å². The molecule has 0 aromatic heterocycles. The summed E-state index contributed by atoms with van der Waals surface area (Å²) in [5.74, 6) is 1.25. The van der Waals surface area contributed by atoms with E-state index < -0.39 is 0 Å². The highest BCUT2D eigenvalue weighted by molar-refractivity contribution is 5.79. The van der Waals surface area contributed by atoms with Crippen LogP contribution in [-0.4, -0.2) is 66.4 Å². The first-order valence-electron chi connectivity index (χ1n) is 8.53. The lowest BCUT2D eigenvalue weighted by molar-refractivity contribution is -0.515. The van der Waals surface area contributed by atoms with E-state index >= 15 is 0 Å². The molecule has 0 aliphatic carbocycles. The minimum absolute atomic E-state index is 0.106. The van der Waals surface area contributed by atoms with Gasteiger partial charge in [-0.2, -0.15) is 0 Å². The molecule has 1 fully saturated rings. The number of carbonyl (C=O) groups excluding carboxylic acids is 1. The zero-order valence-electron chi connectivity index (χ0n) is 13.8. The number of fused-ring (bicyclic) bond motifs is 1. The predicted octanol–water partition coefficient (Wildman–Crippen LogP) is 0.915. The van der Waals surface area contributed by atoms with Crippen LogP contribution in [0, 0.1) is 0 Å². The molecule has 5 nitrogen and oxygen atoms in total. The lowest BCUT2D eigenvalue weighted by atomic mass is 10.0. The van der Waals surface area contributed by atoms with Crippen molar-refractivity contribution >= 4 is 12.2 Å². The number of carbonyl (C=O) groups is 1. The van der Waals surface area contributed by atoms with E-state index in [0.29, 0.717) is 6.29 Å². The zero-order chi connectivity index (χ0) is 16.2. The molecular formula is C18H25N3O2. The Labute approximate surface area is 137 Å². The van der Waals surface area contributed by atoms with Crippen LogP contribution in [0.15, 0.2) is 18.2 Å². The normalized spacial score (nSPS) is 18.1. The lowest BCUT2D eigenvalue weighted by Crippen LogP contribution is -2.57. The minimum atomic E-state index is -0.106. The van der Waals surface area contributed by atoms with Gasteiger partial charge in [0.05, 0.1) is 39.8 Å². The van der Waals surface area contributed by atoms with Gasteiger partial charge in [0, 0.05) is 18.4 Å². The number of aldehydes is 1. The monoisotopic (exact) mass is 315 g/mol. The van der Waals surface area contributed by atoms with Crippen LogP contribution < -0.4 is 5.11 Å². The summed E-state index contributed by atoms with van der Waals surface area (Å²) in [5.41, 5.74) is 1.03. The molecule has 0 radical (unpaired) electrons. The van der Waals surface area contributed by atoms with E-state index in [0.717, 1.165) is 51.1 Å². The Morgan fingerprint density at radius 3 is 2.91 bits per heavy atom. The Morgan fingerprint density at radius 1 is 1.26 bits per heavy atom. The highest BCUT2D eigenvalue weighted by atomic mass is 16.3. The Balaban J connectivity index is 1.63. The van der Waals surface area contributed by atoms with Gasteiger partial charge < -0.3 is 5.11 Å². The molecule has 0 bridgehead atoms. The van der Waals surface area contributed by atoms with Crippen molar-refractivity contribution in [2.45, 2.75) is 25.7 Å². The molecule has 23 heavy (non-hydrogen) atoms. The third kappa shape index (κ3) is 3.33. The highest BCUT2D eigenvalue weighted by Crippen LogP contribution is 2.20. The molecule has 1 saturated heterocycles. The van der Waals surface area contributed by atoms with Crippen LogP contribution in [0.2, 0.25) is 0 Å². The molecular weight excluding hydrogens is 290 g/mol. The van der Waals surface area contributed by atoms with Gasteiger partial charge in [-0.25, -0.2) is 0 Å². The molecule has 2 aliphatic heterocycles. The van der Waals surface area contributed by atoms with E-state index in [1.54, 1.807) is 12.1 Å². The van der Waals surface area contributed by atoms with Crippen molar-refractivity contribution in [3.63, 3.8) is 0 Å². The maximum Gasteiger partial charge on any atom is 0.350 e. The van der Waals surface area contributed by atoms with E-state index in [-0.39, 0.29) is 11.3 Å². The van der Waals surface area contributed by atoms with Gasteiger partial charge in [0.25, 0.3) is 0 Å². The fourth-order valence-corrected chi connectivity index (χ4v) is 3.71. The molecule has 124 valence electrons. The lowest BCUT2D eigenvalue weighted by Gasteiger charge is -2.36. The number of para-hydroxylation sites is 1. The Morgan fingerprint density at radius 2 is 2.09 bits per heavy atom. The third-order valence-electron chi connectivity index (χ3n) is 4.81. The van der Waals surface area contributed by atoms with Crippen LogP contribution in [0.4, 0.5) is 0 Å². The molecule has 3 rings (SSSR count). The summed E-state index contributed by atoms with van der Waals surface area (Å²) in [4.78, 5) is 15.8. The molecule has 0 spiro atoms. The van der Waals surface area contributed by atoms with E-state index in [4.69, 9.17) is 0 Å². The van der Waals surface area contributed by atoms with E-state index in [1.807, 2.05) is 6.07 Å². The van der Waals surface area contributed by atoms with Crippen LogP contribution in [-0.2, 0) is 6.42 Å². The molecule has 2 heterocycles. The van der Waals surface area contributed by atoms with Crippen LogP contribution in [0.3, 0.4) is 0 Å². The number of aryl methyl sites for hydroxylation is 1. The van der Waals surface area contributed by atoms with Gasteiger partial charge >= 0.3 is 5.96 Å². The molecule has 0 amide bonds. The van der Waals surface area contributed by atoms with Crippen LogP contribution in [0.25, 0.3) is 0 Å². The molecule has 1 aromatic carbocycles. The summed E-state index contributed by atoms with van der Waals surface area (Å²) in [6.45, 7) is 5.48. The Kier molecular flexibility index (Phi) is 4.84. The van der Waals surface area contributed by atoms with E-state index in [1.165, 1.54) is 18.8 Å². The number of rotatable bonds is 5. The topological polar surface area (TPSA) is 49.6 Å². The van der Waals surface area contributed by atoms with Crippen molar-refractivity contribution in [2.75, 3.05) is 39.8 Å². The molecule has 1 aromatic rings. The maximum absolute atomic E-state index is 12.1. The number of benzene rings is 1. The van der Waals surface area contributed by atoms with Crippen LogP contribution >= 0.6 is 0 Å². The molecule has 0 atom stereocenters. The first-order chi connectivity index (χ1) is 11.2. The van der Waals surface area contributed by atoms with Crippen LogP contribution in [0.1, 0.15) is 35.2 Å². The van der Waals surface area contributed by atoms with Crippen LogP contribution in [0.5, 0.6) is 5.75 Å². The van der Waals surface area contributed by atoms with Gasteiger partial charge in [-0.15, -0.1) is 0 Å². The number of hydrogen-bond donors (Lipinski definition) is 0. The molecule has 2 aliphatic rings. The van der Waals surface area contributed by atoms with Gasteiger partial charge in [-0.3, -0.25) is 19.2 Å². The second-order valence-electron chi connectivity index (χ2n) is 6.46. The molecule has 0 saturated carbocycles. The van der Waals surface area contributed by atoms with Crippen molar-refractivity contribution < 1.29 is 14.5 Å². The number of guanidine groups is 1. The number of nitrogens with zero attached hydrogens (tertiary/aromatic N) is 3. The van der Waals surface area contributed by atoms with E-state index in [9.17, 15) is 9.90 Å². The van der Waals surface area contributed by atoms with E-state index in [2.05, 4.69) is 21.4 Å². The Hall–Kier alpha value is -2.04. The second kappa shape index (κ2) is 7.02. The maximum atomic E-state index is 12.1. The fraction of sp³-hybridized carbons (Fsp3) is 0.556. The first kappa shape index (κ1) is 15.8. The summed E-state index contributed by atoms with van der Waals surface area (Å²) < 4.78 is 2.36. The van der Waals surface area contributed by atoms with Crippen molar-refractivity contribution in [2.24, 2.45) is 0 Å². The van der Waals surface area contributed by atoms with Gasteiger partial charge in [0.2, 0.25) is 0 Å². The second-order valence-corrected chi connectivity index (χ2v) is 6.46. The smallest absolute Gasteiger partial charge is 0.350 e. The summed E-state index contributed by atoms with van der Waals surface area (Å²) in [6.07, 6.45) is 4.74. The SMILES string of the molecule is C[N+]1=C2N(CCCc3cccc(C=O)c3[O-])CCCN2CCC1. The average molecular weight is 315 g/mol. The van der Waals surface area contributed by atoms with Crippen molar-refractivity contribution in [3.05, 3.63) is 29.3 Å². The number of hydrogen-bond acceptors (Lipinski definition) is 4. The summed E-state index contributed by atoms with van der Waals surface area (Å²) in [5, 5.41) is 12.1. The third-order valence-corrected chi connectivity index (χ3v) is 4.81. The summed E-state index contributed by atoms with van der Waals surface area (Å²) in [7, 11) is 2.17. The minimum Gasteiger partial charge on any atom is -0.872 e. The standard InChI is InChI=1S/C18H25N3O2/c1-19-9-4-11-21-13-5-12-20(18(19)21)10-3-8-15-6-2-7-16(14-22)17(15)23/h2,6-7,14H,3-5,8-13H2,1H3.